The van der Waals surface area contributed by atoms with Crippen molar-refractivity contribution in [2.24, 2.45) is 0 Å². The highest BCUT2D eigenvalue weighted by molar-refractivity contribution is 5.76. The van der Waals surface area contributed by atoms with Crippen LogP contribution in [0.3, 0.4) is 0 Å². The lowest BCUT2D eigenvalue weighted by Gasteiger charge is -2.40. The van der Waals surface area contributed by atoms with E-state index in [0.717, 1.165) is 19.3 Å². The van der Waals surface area contributed by atoms with Crippen molar-refractivity contribution >= 4 is 5.91 Å². The molecule has 0 saturated carbocycles. The van der Waals surface area contributed by atoms with Crippen LogP contribution in [0.2, 0.25) is 0 Å². The van der Waals surface area contributed by atoms with Gasteiger partial charge in [-0.15, -0.1) is 0 Å². The highest BCUT2D eigenvalue weighted by Gasteiger charge is 2.44. The molecule has 1 rings (SSSR count). The van der Waals surface area contributed by atoms with Gasteiger partial charge in [0.15, 0.2) is 6.29 Å². The van der Waals surface area contributed by atoms with Crippen molar-refractivity contribution in [1.82, 2.24) is 5.32 Å². The van der Waals surface area contributed by atoms with Gasteiger partial charge in [0.2, 0.25) is 5.91 Å². The Morgan fingerprint density at radius 1 is 1.00 bits per heavy atom. The van der Waals surface area contributed by atoms with Crippen LogP contribution in [0.1, 0.15) is 58.3 Å². The largest absolute Gasteiger partial charge is 0.394 e. The summed E-state index contributed by atoms with van der Waals surface area (Å²) in [7, 11) is 0. The van der Waals surface area contributed by atoms with Crippen molar-refractivity contribution in [2.75, 3.05) is 6.61 Å². The lowest BCUT2D eigenvalue weighted by molar-refractivity contribution is -0.253. The van der Waals surface area contributed by atoms with Crippen LogP contribution < -0.4 is 5.32 Å². The van der Waals surface area contributed by atoms with Crippen LogP contribution in [0.4, 0.5) is 0 Å². The van der Waals surface area contributed by atoms with Gasteiger partial charge in [0.25, 0.3) is 0 Å². The summed E-state index contributed by atoms with van der Waals surface area (Å²) < 4.78 is 4.99. The van der Waals surface area contributed by atoms with E-state index in [1.807, 2.05) is 0 Å². The Morgan fingerprint density at radius 2 is 1.61 bits per heavy atom. The summed E-state index contributed by atoms with van der Waals surface area (Å²) in [4.78, 5) is 11.9. The Kier molecular flexibility index (Phi) is 9.66. The average molecular weight is 333 g/mol. The number of ether oxygens (including phenoxy) is 1. The van der Waals surface area contributed by atoms with E-state index in [1.165, 1.54) is 25.7 Å². The van der Waals surface area contributed by atoms with Gasteiger partial charge in [-0.25, -0.2) is 0 Å². The van der Waals surface area contributed by atoms with E-state index in [1.54, 1.807) is 0 Å². The van der Waals surface area contributed by atoms with Crippen molar-refractivity contribution < 1.29 is 30.0 Å². The molecule has 136 valence electrons. The topological polar surface area (TPSA) is 119 Å². The maximum atomic E-state index is 11.9. The van der Waals surface area contributed by atoms with Crippen LogP contribution >= 0.6 is 0 Å². The fourth-order valence-electron chi connectivity index (χ4n) is 2.75. The molecular formula is C16H31NO6. The van der Waals surface area contributed by atoms with Crippen molar-refractivity contribution in [2.45, 2.75) is 88.9 Å². The number of hydrogen-bond donors (Lipinski definition) is 5. The third-order valence-corrected chi connectivity index (χ3v) is 4.24. The van der Waals surface area contributed by atoms with E-state index >= 15 is 0 Å². The van der Waals surface area contributed by atoms with Crippen LogP contribution in [0, 0.1) is 0 Å². The quantitative estimate of drug-likeness (QED) is 0.360. The number of rotatable bonds is 10. The number of amides is 1. The zero-order valence-corrected chi connectivity index (χ0v) is 13.9. The molecule has 0 aromatic heterocycles. The third kappa shape index (κ3) is 6.73. The Balaban J connectivity index is 2.25. The summed E-state index contributed by atoms with van der Waals surface area (Å²) in [6, 6.07) is -1.09. The molecule has 0 bridgehead atoms. The molecule has 5 atom stereocenters. The molecule has 7 nitrogen and oxygen atoms in total. The highest BCUT2D eigenvalue weighted by atomic mass is 16.6. The maximum absolute atomic E-state index is 11.9. The first kappa shape index (κ1) is 20.3. The van der Waals surface area contributed by atoms with Crippen LogP contribution in [0.25, 0.3) is 0 Å². The standard InChI is InChI=1S/C16H31NO6/c1-2-3-4-5-6-7-8-9-12(19)17-13-15(21)14(20)11(10-18)23-16(13)22/h11,13-16,18,20-22H,2-10H2,1H3,(H,17,19)/t11-,13-,14-,15-,16-/m1/s1. The number of nitrogens with one attached hydrogen (secondary N) is 1. The normalized spacial score (nSPS) is 31.1. The Bertz CT molecular complexity index is 341. The van der Waals surface area contributed by atoms with Gasteiger partial charge in [-0.3, -0.25) is 4.79 Å². The van der Waals surface area contributed by atoms with E-state index in [4.69, 9.17) is 9.84 Å². The fourth-order valence-corrected chi connectivity index (χ4v) is 2.75. The summed E-state index contributed by atoms with van der Waals surface area (Å²) in [5.41, 5.74) is 0. The SMILES string of the molecule is CCCCCCCCCC(=O)N[C@@H]1[C@@H](O)[C@H](O)[C@@H](CO)O[C@H]1O. The molecule has 0 spiro atoms. The van der Waals surface area contributed by atoms with Gasteiger partial charge in [0.05, 0.1) is 6.61 Å². The lowest BCUT2D eigenvalue weighted by atomic mass is 9.97. The van der Waals surface area contributed by atoms with Crippen LogP contribution in [-0.4, -0.2) is 63.6 Å². The fraction of sp³-hybridized carbons (Fsp3) is 0.938. The van der Waals surface area contributed by atoms with E-state index in [9.17, 15) is 20.1 Å². The molecule has 1 fully saturated rings. The predicted octanol–water partition coefficient (Wildman–Crippen LogP) is 0.0432. The summed E-state index contributed by atoms with van der Waals surface area (Å²) in [6.45, 7) is 1.65. The van der Waals surface area contributed by atoms with Gasteiger partial charge in [-0.2, -0.15) is 0 Å². The van der Waals surface area contributed by atoms with Crippen LogP contribution in [0.15, 0.2) is 0 Å². The second-order valence-electron chi connectivity index (χ2n) is 6.19. The second kappa shape index (κ2) is 10.9. The first-order valence-corrected chi connectivity index (χ1v) is 8.61. The van der Waals surface area contributed by atoms with E-state index in [0.29, 0.717) is 6.42 Å². The van der Waals surface area contributed by atoms with Crippen molar-refractivity contribution in [3.05, 3.63) is 0 Å². The molecule has 0 aliphatic carbocycles. The molecule has 0 aromatic carbocycles. The molecule has 1 saturated heterocycles. The predicted molar refractivity (Wildman–Crippen MR) is 84.5 cm³/mol. The van der Waals surface area contributed by atoms with Gasteiger partial charge >= 0.3 is 0 Å². The summed E-state index contributed by atoms with van der Waals surface area (Å²) in [5.74, 6) is -0.292. The zero-order valence-electron chi connectivity index (χ0n) is 13.9. The van der Waals surface area contributed by atoms with Gasteiger partial charge < -0.3 is 30.5 Å². The van der Waals surface area contributed by atoms with E-state index in [2.05, 4.69) is 12.2 Å². The Hall–Kier alpha value is -0.730. The molecule has 23 heavy (non-hydrogen) atoms. The second-order valence-corrected chi connectivity index (χ2v) is 6.19. The number of hydrogen-bond acceptors (Lipinski definition) is 6. The molecule has 5 N–H and O–H groups in total. The number of carbonyl (C=O) groups excluding carboxylic acids is 1. The molecule has 0 aromatic rings. The third-order valence-electron chi connectivity index (χ3n) is 4.24. The molecule has 1 heterocycles. The minimum Gasteiger partial charge on any atom is -0.394 e. The van der Waals surface area contributed by atoms with Crippen LogP contribution in [-0.2, 0) is 9.53 Å². The highest BCUT2D eigenvalue weighted by Crippen LogP contribution is 2.20. The first-order chi connectivity index (χ1) is 11.0. The molecule has 7 heteroatoms. The molecule has 1 amide bonds. The molecule has 0 unspecified atom stereocenters. The smallest absolute Gasteiger partial charge is 0.220 e. The first-order valence-electron chi connectivity index (χ1n) is 8.61. The molecule has 1 aliphatic rings. The Morgan fingerprint density at radius 3 is 2.22 bits per heavy atom. The number of aliphatic hydroxyl groups excluding tert-OH is 4. The van der Waals surface area contributed by atoms with E-state index < -0.39 is 37.3 Å². The van der Waals surface area contributed by atoms with Gasteiger partial charge in [0, 0.05) is 6.42 Å². The molecule has 0 radical (unpaired) electrons. The minimum atomic E-state index is -1.46. The van der Waals surface area contributed by atoms with Gasteiger partial charge in [0.1, 0.15) is 24.4 Å². The minimum absolute atomic E-state index is 0.292. The average Bonchev–Trinajstić information content (AvgIpc) is 2.54. The van der Waals surface area contributed by atoms with Crippen LogP contribution in [0.5, 0.6) is 0 Å². The monoisotopic (exact) mass is 333 g/mol. The summed E-state index contributed by atoms with van der Waals surface area (Å²) in [5, 5.41) is 41.0. The summed E-state index contributed by atoms with van der Waals surface area (Å²) >= 11 is 0. The van der Waals surface area contributed by atoms with Crippen molar-refractivity contribution in [3.63, 3.8) is 0 Å². The number of carbonyl (C=O) groups is 1. The molecule has 1 aliphatic heterocycles. The van der Waals surface area contributed by atoms with E-state index in [-0.39, 0.29) is 5.91 Å². The zero-order chi connectivity index (χ0) is 17.2. The van der Waals surface area contributed by atoms with Gasteiger partial charge in [-0.1, -0.05) is 45.4 Å². The van der Waals surface area contributed by atoms with Crippen molar-refractivity contribution in [3.8, 4) is 0 Å². The lowest BCUT2D eigenvalue weighted by Crippen LogP contribution is -2.64. The Labute approximate surface area is 137 Å². The number of aliphatic hydroxyl groups is 4. The van der Waals surface area contributed by atoms with Gasteiger partial charge in [-0.05, 0) is 6.42 Å². The number of unbranched alkanes of at least 4 members (excludes halogenated alkanes) is 6. The maximum Gasteiger partial charge on any atom is 0.220 e. The summed E-state index contributed by atoms with van der Waals surface area (Å²) in [6.07, 6.45) is 2.74. The van der Waals surface area contributed by atoms with Crippen molar-refractivity contribution in [1.29, 1.82) is 0 Å². The molecular weight excluding hydrogens is 302 g/mol.